The fraction of sp³-hybridized carbons (Fsp3) is 0.222. The van der Waals surface area contributed by atoms with Crippen LogP contribution in [0.15, 0.2) is 41.5 Å². The Morgan fingerprint density at radius 2 is 2.15 bits per heavy atom. The van der Waals surface area contributed by atoms with Gasteiger partial charge in [-0.05, 0) is 42.4 Å². The first-order valence-corrected chi connectivity index (χ1v) is 9.11. The van der Waals surface area contributed by atoms with E-state index >= 15 is 0 Å². The summed E-state index contributed by atoms with van der Waals surface area (Å²) in [4.78, 5) is 38.3. The SMILES string of the molecule is C=CCN1C(=O)C(Cc2cn(C(C)=O)c3ccc(Br)cc23)C(=O)NC1=S. The molecule has 3 rings (SSSR count). The lowest BCUT2D eigenvalue weighted by atomic mass is 9.95. The van der Waals surface area contributed by atoms with Gasteiger partial charge in [0, 0.05) is 29.5 Å². The van der Waals surface area contributed by atoms with Crippen molar-refractivity contribution in [3.8, 4) is 0 Å². The average molecular weight is 434 g/mol. The normalized spacial score (nSPS) is 17.5. The van der Waals surface area contributed by atoms with Crippen LogP contribution in [0.4, 0.5) is 0 Å². The van der Waals surface area contributed by atoms with Crippen LogP contribution in [0, 0.1) is 5.92 Å². The molecule has 1 aliphatic rings. The molecule has 0 bridgehead atoms. The summed E-state index contributed by atoms with van der Waals surface area (Å²) in [7, 11) is 0. The highest BCUT2D eigenvalue weighted by Gasteiger charge is 2.38. The predicted molar refractivity (Wildman–Crippen MR) is 106 cm³/mol. The third-order valence-corrected chi connectivity index (χ3v) is 5.10. The molecule has 134 valence electrons. The van der Waals surface area contributed by atoms with Gasteiger partial charge in [-0.15, -0.1) is 6.58 Å². The molecule has 1 atom stereocenters. The number of fused-ring (bicyclic) bond motifs is 1. The van der Waals surface area contributed by atoms with Crippen molar-refractivity contribution < 1.29 is 14.4 Å². The predicted octanol–water partition coefficient (Wildman–Crippen LogP) is 2.65. The Balaban J connectivity index is 2.02. The van der Waals surface area contributed by atoms with Crippen LogP contribution in [-0.2, 0) is 16.0 Å². The van der Waals surface area contributed by atoms with Crippen LogP contribution in [-0.4, -0.2) is 38.8 Å². The topological polar surface area (TPSA) is 71.4 Å². The lowest BCUT2D eigenvalue weighted by Gasteiger charge is -2.31. The van der Waals surface area contributed by atoms with Crippen molar-refractivity contribution in [2.75, 3.05) is 6.54 Å². The summed E-state index contributed by atoms with van der Waals surface area (Å²) in [5.74, 6) is -1.85. The zero-order valence-corrected chi connectivity index (χ0v) is 16.4. The van der Waals surface area contributed by atoms with Gasteiger partial charge in [0.2, 0.25) is 17.7 Å². The van der Waals surface area contributed by atoms with Gasteiger partial charge in [-0.2, -0.15) is 0 Å². The number of hydrogen-bond donors (Lipinski definition) is 1. The molecule has 1 saturated heterocycles. The van der Waals surface area contributed by atoms with Crippen LogP contribution >= 0.6 is 28.1 Å². The molecule has 2 aromatic rings. The molecular formula is C18H16BrN3O3S. The number of carbonyl (C=O) groups excluding carboxylic acids is 3. The van der Waals surface area contributed by atoms with Crippen molar-refractivity contribution in [3.05, 3.63) is 47.1 Å². The molecule has 0 radical (unpaired) electrons. The van der Waals surface area contributed by atoms with Gasteiger partial charge in [0.05, 0.1) is 5.52 Å². The maximum atomic E-state index is 12.7. The van der Waals surface area contributed by atoms with Crippen molar-refractivity contribution >= 4 is 61.9 Å². The molecule has 1 aromatic carbocycles. The van der Waals surface area contributed by atoms with Crippen LogP contribution in [0.1, 0.15) is 17.3 Å². The Morgan fingerprint density at radius 3 is 2.81 bits per heavy atom. The van der Waals surface area contributed by atoms with E-state index in [9.17, 15) is 14.4 Å². The first kappa shape index (κ1) is 18.5. The van der Waals surface area contributed by atoms with E-state index in [1.54, 1.807) is 12.3 Å². The monoisotopic (exact) mass is 433 g/mol. The van der Waals surface area contributed by atoms with Crippen molar-refractivity contribution in [2.45, 2.75) is 13.3 Å². The molecule has 1 aromatic heterocycles. The van der Waals surface area contributed by atoms with E-state index < -0.39 is 11.8 Å². The molecule has 8 heteroatoms. The molecule has 6 nitrogen and oxygen atoms in total. The second-order valence-corrected chi connectivity index (χ2v) is 7.30. The van der Waals surface area contributed by atoms with E-state index in [2.05, 4.69) is 27.8 Å². The van der Waals surface area contributed by atoms with E-state index in [1.807, 2.05) is 18.2 Å². The Kier molecular flexibility index (Phi) is 5.06. The number of nitrogens with one attached hydrogen (secondary N) is 1. The number of rotatable bonds is 4. The minimum atomic E-state index is -0.911. The summed E-state index contributed by atoms with van der Waals surface area (Å²) in [6.45, 7) is 5.31. The molecule has 2 amide bonds. The molecule has 1 fully saturated rings. The highest BCUT2D eigenvalue weighted by Crippen LogP contribution is 2.28. The fourth-order valence-corrected chi connectivity index (χ4v) is 3.68. The van der Waals surface area contributed by atoms with Crippen molar-refractivity contribution in [2.24, 2.45) is 5.92 Å². The summed E-state index contributed by atoms with van der Waals surface area (Å²) in [6, 6.07) is 5.54. The van der Waals surface area contributed by atoms with Gasteiger partial charge in [0.15, 0.2) is 5.11 Å². The minimum Gasteiger partial charge on any atom is -0.302 e. The van der Waals surface area contributed by atoms with Crippen molar-refractivity contribution in [1.29, 1.82) is 0 Å². The Morgan fingerprint density at radius 1 is 1.42 bits per heavy atom. The number of halogens is 1. The summed E-state index contributed by atoms with van der Waals surface area (Å²) < 4.78 is 2.37. The van der Waals surface area contributed by atoms with Crippen LogP contribution in [0.2, 0.25) is 0 Å². The molecule has 1 N–H and O–H groups in total. The standard InChI is InChI=1S/C18H16BrN3O3S/c1-3-6-21-17(25)14(16(24)20-18(21)26)7-11-9-22(10(2)23)15-5-4-12(19)8-13(11)15/h3-5,8-9,14H,1,6-7H2,2H3,(H,20,24,26). The molecule has 1 aliphatic heterocycles. The van der Waals surface area contributed by atoms with Gasteiger partial charge in [-0.25, -0.2) is 0 Å². The second-order valence-electron chi connectivity index (χ2n) is 5.99. The minimum absolute atomic E-state index is 0.0880. The largest absolute Gasteiger partial charge is 0.302 e. The van der Waals surface area contributed by atoms with Gasteiger partial charge < -0.3 is 5.32 Å². The van der Waals surface area contributed by atoms with Crippen LogP contribution in [0.5, 0.6) is 0 Å². The van der Waals surface area contributed by atoms with E-state index in [-0.39, 0.29) is 29.9 Å². The van der Waals surface area contributed by atoms with Gasteiger partial charge in [0.1, 0.15) is 5.92 Å². The Labute approximate surface area is 164 Å². The van der Waals surface area contributed by atoms with Gasteiger partial charge in [0.25, 0.3) is 0 Å². The summed E-state index contributed by atoms with van der Waals surface area (Å²) >= 11 is 8.49. The Hall–Kier alpha value is -2.32. The number of thiocarbonyl (C=S) groups is 1. The molecular weight excluding hydrogens is 418 g/mol. The third kappa shape index (κ3) is 3.22. The number of amides is 2. The van der Waals surface area contributed by atoms with E-state index in [1.165, 1.54) is 16.4 Å². The zero-order valence-electron chi connectivity index (χ0n) is 14.0. The lowest BCUT2D eigenvalue weighted by molar-refractivity contribution is -0.140. The molecule has 1 unspecified atom stereocenters. The first-order chi connectivity index (χ1) is 12.3. The number of carbonyl (C=O) groups is 3. The molecule has 0 aliphatic carbocycles. The van der Waals surface area contributed by atoms with Gasteiger partial charge >= 0.3 is 0 Å². The van der Waals surface area contributed by atoms with Crippen LogP contribution in [0.25, 0.3) is 10.9 Å². The number of hydrogen-bond acceptors (Lipinski definition) is 4. The molecule has 0 saturated carbocycles. The number of benzene rings is 1. The molecule has 26 heavy (non-hydrogen) atoms. The maximum Gasteiger partial charge on any atom is 0.241 e. The van der Waals surface area contributed by atoms with Crippen LogP contribution in [0.3, 0.4) is 0 Å². The van der Waals surface area contributed by atoms with Crippen molar-refractivity contribution in [3.63, 3.8) is 0 Å². The zero-order chi connectivity index (χ0) is 19.0. The lowest BCUT2D eigenvalue weighted by Crippen LogP contribution is -2.58. The van der Waals surface area contributed by atoms with E-state index in [4.69, 9.17) is 12.2 Å². The van der Waals surface area contributed by atoms with Crippen LogP contribution < -0.4 is 5.32 Å². The second kappa shape index (κ2) is 7.13. The summed E-state index contributed by atoms with van der Waals surface area (Å²) in [5, 5.41) is 3.48. The Bertz CT molecular complexity index is 966. The average Bonchev–Trinajstić information content (AvgIpc) is 2.93. The number of aromatic nitrogens is 1. The van der Waals surface area contributed by atoms with E-state index in [0.29, 0.717) is 0 Å². The van der Waals surface area contributed by atoms with Gasteiger partial charge in [-0.1, -0.05) is 22.0 Å². The highest BCUT2D eigenvalue weighted by atomic mass is 79.9. The molecule has 2 heterocycles. The first-order valence-electron chi connectivity index (χ1n) is 7.91. The highest BCUT2D eigenvalue weighted by molar-refractivity contribution is 9.10. The van der Waals surface area contributed by atoms with Crippen molar-refractivity contribution in [1.82, 2.24) is 14.8 Å². The fourth-order valence-electron chi connectivity index (χ4n) is 3.06. The third-order valence-electron chi connectivity index (χ3n) is 4.28. The summed E-state index contributed by atoms with van der Waals surface area (Å²) in [6.07, 6.45) is 3.41. The summed E-state index contributed by atoms with van der Waals surface area (Å²) in [5.41, 5.74) is 1.48. The number of nitrogens with zero attached hydrogens (tertiary/aromatic N) is 2. The van der Waals surface area contributed by atoms with E-state index in [0.717, 1.165) is 20.9 Å². The van der Waals surface area contributed by atoms with Gasteiger partial charge in [-0.3, -0.25) is 23.9 Å². The quantitative estimate of drug-likeness (QED) is 0.457. The molecule has 0 spiro atoms. The maximum absolute atomic E-state index is 12.7. The smallest absolute Gasteiger partial charge is 0.241 e.